The maximum absolute atomic E-state index is 12.2. The quantitative estimate of drug-likeness (QED) is 0.521. The van der Waals surface area contributed by atoms with Gasteiger partial charge in [0, 0.05) is 25.1 Å². The van der Waals surface area contributed by atoms with Gasteiger partial charge in [-0.1, -0.05) is 6.92 Å². The van der Waals surface area contributed by atoms with Crippen molar-refractivity contribution in [2.45, 2.75) is 26.3 Å². The van der Waals surface area contributed by atoms with E-state index in [1.54, 1.807) is 6.20 Å². The summed E-state index contributed by atoms with van der Waals surface area (Å²) in [6, 6.07) is 11.3. The third kappa shape index (κ3) is 6.44. The van der Waals surface area contributed by atoms with Gasteiger partial charge in [-0.2, -0.15) is 0 Å². The molecule has 0 atom stereocenters. The first-order valence-corrected chi connectivity index (χ1v) is 9.27. The fourth-order valence-electron chi connectivity index (χ4n) is 2.72. The highest BCUT2D eigenvalue weighted by Crippen LogP contribution is 2.25. The van der Waals surface area contributed by atoms with Gasteiger partial charge in [0.1, 0.15) is 23.9 Å². The first-order valence-electron chi connectivity index (χ1n) is 9.27. The van der Waals surface area contributed by atoms with Crippen LogP contribution in [0.4, 0.5) is 19.0 Å². The second-order valence-corrected chi connectivity index (χ2v) is 6.36. The third-order valence-corrected chi connectivity index (χ3v) is 4.08. The van der Waals surface area contributed by atoms with E-state index in [4.69, 9.17) is 4.74 Å². The van der Waals surface area contributed by atoms with Crippen LogP contribution in [0.15, 0.2) is 61.1 Å². The van der Waals surface area contributed by atoms with Gasteiger partial charge in [0.2, 0.25) is 0 Å². The van der Waals surface area contributed by atoms with Crippen LogP contribution in [0.25, 0.3) is 11.1 Å². The summed E-state index contributed by atoms with van der Waals surface area (Å²) in [5.74, 6) is 1.05. The van der Waals surface area contributed by atoms with E-state index >= 15 is 0 Å². The van der Waals surface area contributed by atoms with Crippen molar-refractivity contribution in [3.05, 3.63) is 61.1 Å². The molecule has 5 nitrogen and oxygen atoms in total. The lowest BCUT2D eigenvalue weighted by Crippen LogP contribution is -2.17. The summed E-state index contributed by atoms with van der Waals surface area (Å²) < 4.78 is 47.9. The minimum Gasteiger partial charge on any atom is -0.492 e. The number of rotatable bonds is 9. The number of hydrogen-bond acceptors (Lipinski definition) is 4. The number of anilines is 1. The van der Waals surface area contributed by atoms with Gasteiger partial charge in [0.15, 0.2) is 0 Å². The van der Waals surface area contributed by atoms with E-state index in [0.717, 1.165) is 29.9 Å². The summed E-state index contributed by atoms with van der Waals surface area (Å²) in [6.07, 6.45) is 2.08. The number of halogens is 3. The number of alkyl halides is 3. The average Bonchev–Trinajstić information content (AvgIpc) is 3.16. The van der Waals surface area contributed by atoms with Crippen LogP contribution in [-0.4, -0.2) is 29.1 Å². The maximum atomic E-state index is 12.2. The number of pyridine rings is 1. The standard InChI is InChI=1S/C21H22F3N3O2/c1-2-9-25-20-14-16(7-10-26-20)17-8-11-27(15-17)12-13-28-18-3-5-19(6-4-18)29-21(22,23)24/h3-8,10-11,14-15H,2,9,12-13H2,1H3,(H,25,26). The minimum atomic E-state index is -4.70. The zero-order valence-corrected chi connectivity index (χ0v) is 15.9. The van der Waals surface area contributed by atoms with Crippen LogP contribution in [0.5, 0.6) is 11.5 Å². The van der Waals surface area contributed by atoms with Crippen molar-refractivity contribution in [1.82, 2.24) is 9.55 Å². The van der Waals surface area contributed by atoms with E-state index < -0.39 is 6.36 Å². The van der Waals surface area contributed by atoms with Crippen molar-refractivity contribution in [2.24, 2.45) is 0 Å². The van der Waals surface area contributed by atoms with E-state index in [1.165, 1.54) is 24.3 Å². The van der Waals surface area contributed by atoms with E-state index in [2.05, 4.69) is 22.0 Å². The van der Waals surface area contributed by atoms with Gasteiger partial charge < -0.3 is 19.4 Å². The lowest BCUT2D eigenvalue weighted by atomic mass is 10.1. The number of ether oxygens (including phenoxy) is 2. The van der Waals surface area contributed by atoms with Gasteiger partial charge in [-0.05, 0) is 60.0 Å². The Morgan fingerprint density at radius 3 is 2.52 bits per heavy atom. The Labute approximate surface area is 167 Å². The predicted molar refractivity (Wildman–Crippen MR) is 105 cm³/mol. The number of hydrogen-bond donors (Lipinski definition) is 1. The molecular weight excluding hydrogens is 383 g/mol. The fraction of sp³-hybridized carbons (Fsp3) is 0.286. The molecule has 0 aliphatic heterocycles. The Morgan fingerprint density at radius 1 is 1.03 bits per heavy atom. The Bertz CT molecular complexity index is 908. The molecule has 0 unspecified atom stereocenters. The largest absolute Gasteiger partial charge is 0.573 e. The Morgan fingerprint density at radius 2 is 1.79 bits per heavy atom. The second-order valence-electron chi connectivity index (χ2n) is 6.36. The molecular formula is C21H22F3N3O2. The molecule has 0 bridgehead atoms. The third-order valence-electron chi connectivity index (χ3n) is 4.08. The summed E-state index contributed by atoms with van der Waals surface area (Å²) in [7, 11) is 0. The second kappa shape index (κ2) is 9.36. The zero-order valence-electron chi connectivity index (χ0n) is 15.9. The molecule has 0 saturated carbocycles. The number of benzene rings is 1. The van der Waals surface area contributed by atoms with Crippen molar-refractivity contribution in [3.8, 4) is 22.6 Å². The molecule has 2 aromatic heterocycles. The monoisotopic (exact) mass is 405 g/mol. The van der Waals surface area contributed by atoms with Crippen LogP contribution in [-0.2, 0) is 6.54 Å². The van der Waals surface area contributed by atoms with Gasteiger partial charge in [-0.25, -0.2) is 4.98 Å². The Balaban J connectivity index is 1.52. The van der Waals surface area contributed by atoms with Crippen LogP contribution >= 0.6 is 0 Å². The number of nitrogens with zero attached hydrogens (tertiary/aromatic N) is 2. The van der Waals surface area contributed by atoms with Crippen LogP contribution in [0.2, 0.25) is 0 Å². The van der Waals surface area contributed by atoms with E-state index in [9.17, 15) is 13.2 Å². The zero-order chi connectivity index (χ0) is 20.7. The van der Waals surface area contributed by atoms with Crippen molar-refractivity contribution in [1.29, 1.82) is 0 Å². The smallest absolute Gasteiger partial charge is 0.492 e. The SMILES string of the molecule is CCCNc1cc(-c2ccn(CCOc3ccc(OC(F)(F)F)cc3)c2)ccn1. The molecule has 1 N–H and O–H groups in total. The number of aromatic nitrogens is 2. The lowest BCUT2D eigenvalue weighted by molar-refractivity contribution is -0.274. The molecule has 0 radical (unpaired) electrons. The fourth-order valence-corrected chi connectivity index (χ4v) is 2.72. The number of nitrogens with one attached hydrogen (secondary N) is 1. The lowest BCUT2D eigenvalue weighted by Gasteiger charge is -2.10. The highest BCUT2D eigenvalue weighted by molar-refractivity contribution is 5.65. The van der Waals surface area contributed by atoms with Crippen LogP contribution in [0.3, 0.4) is 0 Å². The summed E-state index contributed by atoms with van der Waals surface area (Å²) >= 11 is 0. The molecule has 0 aliphatic rings. The minimum absolute atomic E-state index is 0.273. The highest BCUT2D eigenvalue weighted by atomic mass is 19.4. The van der Waals surface area contributed by atoms with Crippen LogP contribution in [0.1, 0.15) is 13.3 Å². The van der Waals surface area contributed by atoms with Crippen molar-refractivity contribution in [3.63, 3.8) is 0 Å². The summed E-state index contributed by atoms with van der Waals surface area (Å²) in [4.78, 5) is 4.31. The van der Waals surface area contributed by atoms with Crippen molar-refractivity contribution >= 4 is 5.82 Å². The molecule has 0 amide bonds. The molecule has 29 heavy (non-hydrogen) atoms. The molecule has 3 aromatic rings. The van der Waals surface area contributed by atoms with Gasteiger partial charge in [-0.15, -0.1) is 13.2 Å². The Hall–Kier alpha value is -3.16. The molecule has 0 saturated heterocycles. The molecule has 0 aliphatic carbocycles. The average molecular weight is 405 g/mol. The van der Waals surface area contributed by atoms with Crippen molar-refractivity contribution in [2.75, 3.05) is 18.5 Å². The van der Waals surface area contributed by atoms with E-state index in [0.29, 0.717) is 18.9 Å². The normalized spacial score (nSPS) is 11.3. The first kappa shape index (κ1) is 20.6. The molecule has 0 fully saturated rings. The van der Waals surface area contributed by atoms with E-state index in [1.807, 2.05) is 35.2 Å². The predicted octanol–water partition coefficient (Wildman–Crippen LogP) is 5.35. The molecule has 3 rings (SSSR count). The van der Waals surface area contributed by atoms with Crippen LogP contribution in [0, 0.1) is 0 Å². The topological polar surface area (TPSA) is 48.3 Å². The summed E-state index contributed by atoms with van der Waals surface area (Å²) in [5, 5.41) is 3.27. The van der Waals surface area contributed by atoms with Crippen molar-refractivity contribution < 1.29 is 22.6 Å². The molecule has 0 spiro atoms. The van der Waals surface area contributed by atoms with Gasteiger partial charge in [0.25, 0.3) is 0 Å². The first-order chi connectivity index (χ1) is 13.9. The summed E-state index contributed by atoms with van der Waals surface area (Å²) in [5.41, 5.74) is 2.14. The molecule has 8 heteroatoms. The molecule has 154 valence electrons. The Kier molecular flexibility index (Phi) is 6.64. The maximum Gasteiger partial charge on any atom is 0.573 e. The van der Waals surface area contributed by atoms with Gasteiger partial charge in [0.05, 0.1) is 6.54 Å². The highest BCUT2D eigenvalue weighted by Gasteiger charge is 2.30. The van der Waals surface area contributed by atoms with Crippen LogP contribution < -0.4 is 14.8 Å². The summed E-state index contributed by atoms with van der Waals surface area (Å²) in [6.45, 7) is 3.96. The molecule has 1 aromatic carbocycles. The molecule has 2 heterocycles. The van der Waals surface area contributed by atoms with Gasteiger partial charge in [-0.3, -0.25) is 0 Å². The van der Waals surface area contributed by atoms with Gasteiger partial charge >= 0.3 is 6.36 Å². The van der Waals surface area contributed by atoms with E-state index in [-0.39, 0.29) is 5.75 Å².